The third kappa shape index (κ3) is 3.78. The number of hydrogen-bond acceptors (Lipinski definition) is 6. The SMILES string of the molecule is O=S(=O)(NC[C@H]1CO[C@@H]2CN(Cc3nccs3)C[C@H]12)c1ccccc1. The molecule has 2 saturated heterocycles. The maximum atomic E-state index is 12.4. The van der Waals surface area contributed by atoms with Crippen LogP contribution in [0.5, 0.6) is 0 Å². The number of rotatable bonds is 6. The van der Waals surface area contributed by atoms with E-state index in [-0.39, 0.29) is 12.0 Å². The highest BCUT2D eigenvalue weighted by Gasteiger charge is 2.43. The molecule has 2 aliphatic heterocycles. The van der Waals surface area contributed by atoms with Crippen molar-refractivity contribution >= 4 is 21.4 Å². The van der Waals surface area contributed by atoms with E-state index in [1.807, 2.05) is 17.6 Å². The average molecular weight is 380 g/mol. The van der Waals surface area contributed by atoms with Crippen LogP contribution in [0, 0.1) is 11.8 Å². The maximum absolute atomic E-state index is 12.4. The molecule has 0 aliphatic carbocycles. The van der Waals surface area contributed by atoms with E-state index in [1.54, 1.807) is 35.6 Å². The maximum Gasteiger partial charge on any atom is 0.240 e. The standard InChI is InChI=1S/C17H21N3O3S2/c21-25(22,14-4-2-1-3-5-14)19-8-13-12-23-16-10-20(9-15(13)16)11-17-18-6-7-24-17/h1-7,13,15-16,19H,8-12H2/t13-,15+,16+/m0/s1. The number of sulfonamides is 1. The molecule has 1 aromatic carbocycles. The molecule has 0 amide bonds. The molecule has 3 heterocycles. The zero-order chi connectivity index (χ0) is 17.3. The van der Waals surface area contributed by atoms with Crippen molar-refractivity contribution in [3.8, 4) is 0 Å². The summed E-state index contributed by atoms with van der Waals surface area (Å²) in [4.78, 5) is 7.00. The van der Waals surface area contributed by atoms with Gasteiger partial charge >= 0.3 is 0 Å². The van der Waals surface area contributed by atoms with Gasteiger partial charge in [-0.1, -0.05) is 18.2 Å². The van der Waals surface area contributed by atoms with Gasteiger partial charge in [-0.05, 0) is 12.1 Å². The Bertz CT molecular complexity index is 796. The molecule has 0 saturated carbocycles. The van der Waals surface area contributed by atoms with Crippen LogP contribution in [0.4, 0.5) is 0 Å². The van der Waals surface area contributed by atoms with E-state index < -0.39 is 10.0 Å². The summed E-state index contributed by atoms with van der Waals surface area (Å²) in [6, 6.07) is 8.50. The second kappa shape index (κ2) is 7.13. The Kier molecular flexibility index (Phi) is 4.88. The number of ether oxygens (including phenoxy) is 1. The van der Waals surface area contributed by atoms with Crippen LogP contribution in [-0.4, -0.2) is 50.6 Å². The fourth-order valence-corrected chi connectivity index (χ4v) is 5.41. The van der Waals surface area contributed by atoms with Crippen LogP contribution in [0.1, 0.15) is 5.01 Å². The zero-order valence-corrected chi connectivity index (χ0v) is 15.4. The number of nitrogens with zero attached hydrogens (tertiary/aromatic N) is 2. The number of hydrogen-bond donors (Lipinski definition) is 1. The van der Waals surface area contributed by atoms with Crippen LogP contribution in [0.15, 0.2) is 46.8 Å². The predicted octanol–water partition coefficient (Wildman–Crippen LogP) is 1.57. The Labute approximate surface area is 151 Å². The highest BCUT2D eigenvalue weighted by atomic mass is 32.2. The van der Waals surface area contributed by atoms with Gasteiger partial charge in [0.15, 0.2) is 0 Å². The van der Waals surface area contributed by atoms with Gasteiger partial charge in [0.05, 0.1) is 24.2 Å². The molecule has 6 nitrogen and oxygen atoms in total. The second-order valence-electron chi connectivity index (χ2n) is 6.58. The summed E-state index contributed by atoms with van der Waals surface area (Å²) in [5.74, 6) is 0.586. The first-order valence-corrected chi connectivity index (χ1v) is 10.7. The van der Waals surface area contributed by atoms with E-state index in [2.05, 4.69) is 14.6 Å². The molecule has 134 valence electrons. The summed E-state index contributed by atoms with van der Waals surface area (Å²) >= 11 is 1.66. The Morgan fingerprint density at radius 2 is 2.12 bits per heavy atom. The molecule has 4 rings (SSSR count). The fraction of sp³-hybridized carbons (Fsp3) is 0.471. The van der Waals surface area contributed by atoms with Gasteiger partial charge in [0, 0.05) is 43.0 Å². The van der Waals surface area contributed by atoms with Crippen molar-refractivity contribution in [3.05, 3.63) is 46.9 Å². The van der Waals surface area contributed by atoms with Gasteiger partial charge in [0.25, 0.3) is 0 Å². The Morgan fingerprint density at radius 3 is 2.88 bits per heavy atom. The van der Waals surface area contributed by atoms with Crippen molar-refractivity contribution < 1.29 is 13.2 Å². The molecule has 0 bridgehead atoms. The second-order valence-corrected chi connectivity index (χ2v) is 9.33. The largest absolute Gasteiger partial charge is 0.376 e. The lowest BCUT2D eigenvalue weighted by Gasteiger charge is -2.19. The van der Waals surface area contributed by atoms with Crippen LogP contribution in [0.2, 0.25) is 0 Å². The van der Waals surface area contributed by atoms with E-state index in [0.29, 0.717) is 24.0 Å². The molecule has 2 aliphatic rings. The van der Waals surface area contributed by atoms with Crippen LogP contribution < -0.4 is 4.72 Å². The Morgan fingerprint density at radius 1 is 1.28 bits per heavy atom. The molecule has 25 heavy (non-hydrogen) atoms. The number of likely N-dealkylation sites (tertiary alicyclic amines) is 1. The van der Waals surface area contributed by atoms with E-state index in [0.717, 1.165) is 24.6 Å². The first kappa shape index (κ1) is 17.1. The molecule has 3 atom stereocenters. The third-order valence-electron chi connectivity index (χ3n) is 4.95. The monoisotopic (exact) mass is 379 g/mol. The fourth-order valence-electron chi connectivity index (χ4n) is 3.64. The van der Waals surface area contributed by atoms with Gasteiger partial charge in [-0.2, -0.15) is 0 Å². The number of benzene rings is 1. The molecule has 0 radical (unpaired) electrons. The lowest BCUT2D eigenvalue weighted by Crippen LogP contribution is -2.34. The minimum atomic E-state index is -3.46. The van der Waals surface area contributed by atoms with E-state index in [4.69, 9.17) is 4.74 Å². The van der Waals surface area contributed by atoms with Crippen molar-refractivity contribution in [2.24, 2.45) is 11.8 Å². The number of fused-ring (bicyclic) bond motifs is 1. The van der Waals surface area contributed by atoms with Gasteiger partial charge in [-0.25, -0.2) is 18.1 Å². The molecule has 8 heteroatoms. The van der Waals surface area contributed by atoms with Gasteiger partial charge in [0.2, 0.25) is 10.0 Å². The third-order valence-corrected chi connectivity index (χ3v) is 7.15. The lowest BCUT2D eigenvalue weighted by molar-refractivity contribution is 0.0942. The molecule has 2 fully saturated rings. The summed E-state index contributed by atoms with van der Waals surface area (Å²) in [5.41, 5.74) is 0. The van der Waals surface area contributed by atoms with Crippen molar-refractivity contribution in [1.29, 1.82) is 0 Å². The topological polar surface area (TPSA) is 71.5 Å². The first-order chi connectivity index (χ1) is 12.1. The summed E-state index contributed by atoms with van der Waals surface area (Å²) in [6.07, 6.45) is 2.03. The predicted molar refractivity (Wildman–Crippen MR) is 95.7 cm³/mol. The molecule has 1 N–H and O–H groups in total. The summed E-state index contributed by atoms with van der Waals surface area (Å²) in [5, 5.41) is 3.10. The summed E-state index contributed by atoms with van der Waals surface area (Å²) in [7, 11) is -3.46. The van der Waals surface area contributed by atoms with Crippen molar-refractivity contribution in [3.63, 3.8) is 0 Å². The van der Waals surface area contributed by atoms with Crippen LogP contribution >= 0.6 is 11.3 Å². The number of aromatic nitrogens is 1. The highest BCUT2D eigenvalue weighted by molar-refractivity contribution is 7.89. The molecular weight excluding hydrogens is 358 g/mol. The van der Waals surface area contributed by atoms with Crippen molar-refractivity contribution in [2.75, 3.05) is 26.2 Å². The minimum absolute atomic E-state index is 0.200. The zero-order valence-electron chi connectivity index (χ0n) is 13.7. The van der Waals surface area contributed by atoms with Crippen LogP contribution in [0.3, 0.4) is 0 Å². The van der Waals surface area contributed by atoms with Gasteiger partial charge in [0.1, 0.15) is 5.01 Å². The van der Waals surface area contributed by atoms with E-state index in [9.17, 15) is 8.42 Å². The van der Waals surface area contributed by atoms with Crippen LogP contribution in [0.25, 0.3) is 0 Å². The number of thiazole rings is 1. The molecule has 2 aromatic rings. The molecule has 0 spiro atoms. The molecular formula is C17H21N3O3S2. The quantitative estimate of drug-likeness (QED) is 0.825. The van der Waals surface area contributed by atoms with Gasteiger partial charge in [-0.15, -0.1) is 11.3 Å². The van der Waals surface area contributed by atoms with E-state index in [1.165, 1.54) is 0 Å². The molecule has 0 unspecified atom stereocenters. The number of nitrogens with one attached hydrogen (secondary N) is 1. The highest BCUT2D eigenvalue weighted by Crippen LogP contribution is 2.34. The summed E-state index contributed by atoms with van der Waals surface area (Å²) in [6.45, 7) is 3.71. The lowest BCUT2D eigenvalue weighted by atomic mass is 9.93. The van der Waals surface area contributed by atoms with Gasteiger partial charge < -0.3 is 4.74 Å². The van der Waals surface area contributed by atoms with Crippen LogP contribution in [-0.2, 0) is 21.3 Å². The normalized spacial score (nSPS) is 26.8. The van der Waals surface area contributed by atoms with Crippen molar-refractivity contribution in [2.45, 2.75) is 17.5 Å². The minimum Gasteiger partial charge on any atom is -0.376 e. The van der Waals surface area contributed by atoms with Crippen molar-refractivity contribution in [1.82, 2.24) is 14.6 Å². The Balaban J connectivity index is 1.35. The van der Waals surface area contributed by atoms with E-state index >= 15 is 0 Å². The Hall–Kier alpha value is -1.32. The average Bonchev–Trinajstić information content (AvgIpc) is 3.32. The summed E-state index contributed by atoms with van der Waals surface area (Å²) < 4.78 is 33.4. The smallest absolute Gasteiger partial charge is 0.240 e. The first-order valence-electron chi connectivity index (χ1n) is 8.39. The molecule has 1 aromatic heterocycles. The van der Waals surface area contributed by atoms with Gasteiger partial charge in [-0.3, -0.25) is 4.90 Å².